The number of nitrogens with one attached hydrogen (secondary N) is 1. The Labute approximate surface area is 129 Å². The minimum atomic E-state index is 0.143. The maximum Gasteiger partial charge on any atom is 0.138 e. The minimum absolute atomic E-state index is 0.143. The van der Waals surface area contributed by atoms with Crippen molar-refractivity contribution in [2.45, 2.75) is 32.9 Å². The molecule has 0 aliphatic heterocycles. The molecule has 6 heteroatoms. The second-order valence-corrected chi connectivity index (χ2v) is 5.29. The third-order valence-corrected chi connectivity index (χ3v) is 3.92. The van der Waals surface area contributed by atoms with Gasteiger partial charge in [0.15, 0.2) is 0 Å². The van der Waals surface area contributed by atoms with Crippen molar-refractivity contribution in [2.24, 2.45) is 0 Å². The lowest BCUT2D eigenvalue weighted by Gasteiger charge is -2.18. The van der Waals surface area contributed by atoms with E-state index in [-0.39, 0.29) is 6.04 Å². The van der Waals surface area contributed by atoms with Gasteiger partial charge >= 0.3 is 0 Å². The zero-order chi connectivity index (χ0) is 14.5. The van der Waals surface area contributed by atoms with Crippen LogP contribution in [0.1, 0.15) is 31.3 Å². The second-order valence-electron chi connectivity index (χ2n) is 4.48. The van der Waals surface area contributed by atoms with Gasteiger partial charge in [0.1, 0.15) is 12.2 Å². The molecule has 1 N–H and O–H groups in total. The predicted molar refractivity (Wildman–Crippen MR) is 82.3 cm³/mol. The molecule has 2 aromatic rings. The van der Waals surface area contributed by atoms with Crippen LogP contribution in [0.5, 0.6) is 0 Å². The van der Waals surface area contributed by atoms with Gasteiger partial charge in [0.25, 0.3) is 0 Å². The Hall–Kier alpha value is -1.10. The number of hydrogen-bond donors (Lipinski definition) is 1. The van der Waals surface area contributed by atoms with Gasteiger partial charge in [0.2, 0.25) is 0 Å². The Bertz CT molecular complexity index is 568. The average molecular weight is 313 g/mol. The molecule has 1 aromatic carbocycles. The van der Waals surface area contributed by atoms with E-state index in [4.69, 9.17) is 23.2 Å². The Morgan fingerprint density at radius 2 is 2.05 bits per heavy atom. The summed E-state index contributed by atoms with van der Waals surface area (Å²) in [5.41, 5.74) is 1.10. The van der Waals surface area contributed by atoms with Crippen molar-refractivity contribution in [3.05, 3.63) is 46.0 Å². The summed E-state index contributed by atoms with van der Waals surface area (Å²) < 4.78 is 1.90. The molecule has 0 bridgehead atoms. The van der Waals surface area contributed by atoms with E-state index < -0.39 is 0 Å². The van der Waals surface area contributed by atoms with Crippen molar-refractivity contribution < 1.29 is 0 Å². The molecule has 20 heavy (non-hydrogen) atoms. The van der Waals surface area contributed by atoms with E-state index in [1.165, 1.54) is 0 Å². The van der Waals surface area contributed by atoms with Crippen LogP contribution in [0.4, 0.5) is 0 Å². The molecule has 0 aliphatic carbocycles. The molecular formula is C14H18Cl2N4. The molecule has 0 fully saturated rings. The molecule has 0 amide bonds. The van der Waals surface area contributed by atoms with Crippen LogP contribution in [0.3, 0.4) is 0 Å². The standard InChI is InChI=1S/C14H18Cl2N4/c1-3-17-13(8-14-18-9-19-20(14)4-2)10-5-6-11(15)12(16)7-10/h5-7,9,13,17H,3-4,8H2,1-2H3. The van der Waals surface area contributed by atoms with Gasteiger partial charge in [-0.15, -0.1) is 0 Å². The Balaban J connectivity index is 2.24. The summed E-state index contributed by atoms with van der Waals surface area (Å²) in [4.78, 5) is 4.33. The molecule has 1 aromatic heterocycles. The second kappa shape index (κ2) is 7.07. The van der Waals surface area contributed by atoms with Crippen LogP contribution in [0.25, 0.3) is 0 Å². The van der Waals surface area contributed by atoms with Gasteiger partial charge in [0.05, 0.1) is 10.0 Å². The zero-order valence-electron chi connectivity index (χ0n) is 11.6. The van der Waals surface area contributed by atoms with Crippen LogP contribution in [0.15, 0.2) is 24.5 Å². The van der Waals surface area contributed by atoms with Crippen LogP contribution in [-0.2, 0) is 13.0 Å². The fourth-order valence-electron chi connectivity index (χ4n) is 2.18. The summed E-state index contributed by atoms with van der Waals surface area (Å²) in [6.45, 7) is 5.81. The zero-order valence-corrected chi connectivity index (χ0v) is 13.1. The van der Waals surface area contributed by atoms with Crippen molar-refractivity contribution in [3.8, 4) is 0 Å². The molecule has 1 unspecified atom stereocenters. The number of nitrogens with zero attached hydrogens (tertiary/aromatic N) is 3. The summed E-state index contributed by atoms with van der Waals surface area (Å²) in [6.07, 6.45) is 2.36. The Morgan fingerprint density at radius 1 is 1.25 bits per heavy atom. The lowest BCUT2D eigenvalue weighted by atomic mass is 10.0. The number of benzene rings is 1. The van der Waals surface area contributed by atoms with Gasteiger partial charge in [-0.05, 0) is 31.2 Å². The van der Waals surface area contributed by atoms with E-state index in [0.717, 1.165) is 30.9 Å². The number of rotatable bonds is 6. The maximum atomic E-state index is 6.11. The third kappa shape index (κ3) is 3.51. The van der Waals surface area contributed by atoms with E-state index in [2.05, 4.69) is 29.2 Å². The highest BCUT2D eigenvalue weighted by molar-refractivity contribution is 6.42. The summed E-state index contributed by atoms with van der Waals surface area (Å²) in [5, 5.41) is 8.80. The highest BCUT2D eigenvalue weighted by Gasteiger charge is 2.15. The minimum Gasteiger partial charge on any atom is -0.310 e. The lowest BCUT2D eigenvalue weighted by Crippen LogP contribution is -2.24. The van der Waals surface area contributed by atoms with Crippen LogP contribution in [-0.4, -0.2) is 21.3 Å². The van der Waals surface area contributed by atoms with Crippen molar-refractivity contribution in [2.75, 3.05) is 6.54 Å². The number of hydrogen-bond acceptors (Lipinski definition) is 3. The highest BCUT2D eigenvalue weighted by Crippen LogP contribution is 2.27. The monoisotopic (exact) mass is 312 g/mol. The third-order valence-electron chi connectivity index (χ3n) is 3.18. The molecule has 4 nitrogen and oxygen atoms in total. The Morgan fingerprint density at radius 3 is 2.70 bits per heavy atom. The summed E-state index contributed by atoms with van der Waals surface area (Å²) >= 11 is 12.1. The van der Waals surface area contributed by atoms with Gasteiger partial charge in [-0.25, -0.2) is 4.98 Å². The first kappa shape index (κ1) is 15.3. The predicted octanol–water partition coefficient (Wildman–Crippen LogP) is 3.50. The van der Waals surface area contributed by atoms with E-state index >= 15 is 0 Å². The first-order valence-electron chi connectivity index (χ1n) is 6.70. The number of aromatic nitrogens is 3. The SMILES string of the molecule is CCNC(Cc1ncnn1CC)c1ccc(Cl)c(Cl)c1. The first-order valence-corrected chi connectivity index (χ1v) is 7.46. The van der Waals surface area contributed by atoms with Crippen LogP contribution >= 0.6 is 23.2 Å². The fourth-order valence-corrected chi connectivity index (χ4v) is 2.48. The molecule has 0 saturated carbocycles. The van der Waals surface area contributed by atoms with Crippen LogP contribution < -0.4 is 5.32 Å². The highest BCUT2D eigenvalue weighted by atomic mass is 35.5. The summed E-state index contributed by atoms with van der Waals surface area (Å²) in [5.74, 6) is 0.963. The lowest BCUT2D eigenvalue weighted by molar-refractivity contribution is 0.509. The average Bonchev–Trinajstić information content (AvgIpc) is 2.88. The molecule has 108 valence electrons. The molecule has 0 radical (unpaired) electrons. The smallest absolute Gasteiger partial charge is 0.138 e. The molecular weight excluding hydrogens is 295 g/mol. The summed E-state index contributed by atoms with van der Waals surface area (Å²) in [7, 11) is 0. The molecule has 0 saturated heterocycles. The van der Waals surface area contributed by atoms with Gasteiger partial charge in [0, 0.05) is 19.0 Å². The van der Waals surface area contributed by atoms with E-state index in [1.807, 2.05) is 22.9 Å². The maximum absolute atomic E-state index is 6.11. The van der Waals surface area contributed by atoms with Crippen LogP contribution in [0, 0.1) is 0 Å². The van der Waals surface area contributed by atoms with Crippen molar-refractivity contribution in [1.82, 2.24) is 20.1 Å². The van der Waals surface area contributed by atoms with Gasteiger partial charge in [-0.2, -0.15) is 5.10 Å². The number of aryl methyl sites for hydroxylation is 1. The van der Waals surface area contributed by atoms with Gasteiger partial charge < -0.3 is 5.32 Å². The fraction of sp³-hybridized carbons (Fsp3) is 0.429. The largest absolute Gasteiger partial charge is 0.310 e. The van der Waals surface area contributed by atoms with Crippen molar-refractivity contribution >= 4 is 23.2 Å². The van der Waals surface area contributed by atoms with Crippen LogP contribution in [0.2, 0.25) is 10.0 Å². The normalized spacial score (nSPS) is 12.6. The van der Waals surface area contributed by atoms with Gasteiger partial charge in [-0.1, -0.05) is 36.2 Å². The van der Waals surface area contributed by atoms with E-state index in [9.17, 15) is 0 Å². The van der Waals surface area contributed by atoms with Crippen molar-refractivity contribution in [1.29, 1.82) is 0 Å². The number of likely N-dealkylation sites (N-methyl/N-ethyl adjacent to an activating group) is 1. The summed E-state index contributed by atoms with van der Waals surface area (Å²) in [6, 6.07) is 5.87. The molecule has 0 spiro atoms. The van der Waals surface area contributed by atoms with Gasteiger partial charge in [-0.3, -0.25) is 4.68 Å². The quantitative estimate of drug-likeness (QED) is 0.887. The molecule has 1 heterocycles. The van der Waals surface area contributed by atoms with E-state index in [1.54, 1.807) is 6.33 Å². The number of halogens is 2. The molecule has 2 rings (SSSR count). The molecule has 1 atom stereocenters. The first-order chi connectivity index (χ1) is 9.65. The Kier molecular flexibility index (Phi) is 5.40. The topological polar surface area (TPSA) is 42.7 Å². The van der Waals surface area contributed by atoms with Crippen molar-refractivity contribution in [3.63, 3.8) is 0 Å². The molecule has 0 aliphatic rings. The van der Waals surface area contributed by atoms with E-state index in [0.29, 0.717) is 10.0 Å².